The van der Waals surface area contributed by atoms with Crippen LogP contribution in [0.25, 0.3) is 0 Å². The van der Waals surface area contributed by atoms with Crippen molar-refractivity contribution in [3.63, 3.8) is 0 Å². The molecule has 0 bridgehead atoms. The minimum absolute atomic E-state index is 0.102. The Hall–Kier alpha value is -1.10. The maximum atomic E-state index is 6.09. The summed E-state index contributed by atoms with van der Waals surface area (Å²) < 4.78 is 7.34. The Morgan fingerprint density at radius 3 is 2.42 bits per heavy atom. The molecule has 0 radical (unpaired) electrons. The number of benzene rings is 1. The zero-order valence-corrected chi connectivity index (χ0v) is 11.9. The maximum Gasteiger partial charge on any atom is 0.133 e. The lowest BCUT2D eigenvalue weighted by Crippen LogP contribution is -2.49. The second kappa shape index (κ2) is 4.78. The van der Waals surface area contributed by atoms with E-state index in [0.29, 0.717) is 23.3 Å². The average Bonchev–Trinajstić information content (AvgIpc) is 2.68. The van der Waals surface area contributed by atoms with Gasteiger partial charge in [0.15, 0.2) is 0 Å². The largest absolute Gasteiger partial charge is 0.379 e. The lowest BCUT2D eigenvalue weighted by molar-refractivity contribution is -0.0611. The van der Waals surface area contributed by atoms with Crippen LogP contribution in [0.15, 0.2) is 24.5 Å². The lowest BCUT2D eigenvalue weighted by Gasteiger charge is -2.41. The van der Waals surface area contributed by atoms with Gasteiger partial charge < -0.3 is 9.30 Å². The van der Waals surface area contributed by atoms with E-state index in [1.165, 1.54) is 0 Å². The Kier molecular flexibility index (Phi) is 3.25. The molecule has 0 N–H and O–H groups in total. The highest BCUT2D eigenvalue weighted by atomic mass is 35.5. The monoisotopic (exact) mass is 297 g/mol. The van der Waals surface area contributed by atoms with Crippen molar-refractivity contribution in [2.24, 2.45) is 7.05 Å². The number of hydrogen-bond acceptors (Lipinski definition) is 3. The normalized spacial score (nSPS) is 17.2. The molecule has 0 saturated carbocycles. The Morgan fingerprint density at radius 2 is 1.95 bits per heavy atom. The molecule has 4 nitrogen and oxygen atoms in total. The molecule has 2 heterocycles. The summed E-state index contributed by atoms with van der Waals surface area (Å²) in [5.74, 6) is 0.930. The molecular formula is C13H13Cl2N3O. The van der Waals surface area contributed by atoms with Crippen LogP contribution in [-0.2, 0) is 23.6 Å². The minimum atomic E-state index is -0.102. The molecule has 1 aliphatic heterocycles. The molecule has 0 spiro atoms. The number of halogens is 2. The van der Waals surface area contributed by atoms with Gasteiger partial charge >= 0.3 is 0 Å². The van der Waals surface area contributed by atoms with E-state index in [9.17, 15) is 0 Å². The van der Waals surface area contributed by atoms with Crippen LogP contribution in [-0.4, -0.2) is 28.0 Å². The summed E-state index contributed by atoms with van der Waals surface area (Å²) >= 11 is 12.2. The van der Waals surface area contributed by atoms with Gasteiger partial charge in [0.2, 0.25) is 0 Å². The molecule has 0 unspecified atom stereocenters. The summed E-state index contributed by atoms with van der Waals surface area (Å²) in [7, 11) is 1.94. The summed E-state index contributed by atoms with van der Waals surface area (Å²) in [5, 5.41) is 9.35. The fraction of sp³-hybridized carbons (Fsp3) is 0.385. The van der Waals surface area contributed by atoms with Gasteiger partial charge in [-0.2, -0.15) is 0 Å². The fourth-order valence-electron chi connectivity index (χ4n) is 2.35. The molecule has 1 aliphatic rings. The first-order valence-corrected chi connectivity index (χ1v) is 6.72. The van der Waals surface area contributed by atoms with Gasteiger partial charge in [-0.05, 0) is 23.8 Å². The smallest absolute Gasteiger partial charge is 0.133 e. The lowest BCUT2D eigenvalue weighted by atomic mass is 9.75. The third-order valence-electron chi connectivity index (χ3n) is 3.53. The number of aromatic nitrogens is 3. The van der Waals surface area contributed by atoms with Crippen LogP contribution < -0.4 is 0 Å². The van der Waals surface area contributed by atoms with E-state index in [4.69, 9.17) is 27.9 Å². The molecule has 0 atom stereocenters. The summed E-state index contributed by atoms with van der Waals surface area (Å²) in [6, 6.07) is 5.64. The van der Waals surface area contributed by atoms with Gasteiger partial charge in [0.1, 0.15) is 12.2 Å². The van der Waals surface area contributed by atoms with Crippen molar-refractivity contribution in [2.45, 2.75) is 11.8 Å². The number of aryl methyl sites for hydroxylation is 1. The molecule has 0 amide bonds. The van der Waals surface area contributed by atoms with Crippen LogP contribution in [0.1, 0.15) is 11.4 Å². The highest BCUT2D eigenvalue weighted by Gasteiger charge is 2.42. The molecule has 6 heteroatoms. The second-order valence-corrected chi connectivity index (χ2v) is 5.84. The molecule has 100 valence electrons. The van der Waals surface area contributed by atoms with E-state index in [-0.39, 0.29) is 5.41 Å². The van der Waals surface area contributed by atoms with Gasteiger partial charge in [-0.3, -0.25) is 0 Å². The van der Waals surface area contributed by atoms with Crippen LogP contribution in [0, 0.1) is 0 Å². The number of ether oxygens (including phenoxy) is 1. The number of rotatable bonds is 3. The summed E-state index contributed by atoms with van der Waals surface area (Å²) in [4.78, 5) is 0. The van der Waals surface area contributed by atoms with Crippen molar-refractivity contribution in [2.75, 3.05) is 13.2 Å². The zero-order chi connectivity index (χ0) is 13.5. The van der Waals surface area contributed by atoms with Gasteiger partial charge in [0.05, 0.1) is 13.2 Å². The Bertz CT molecular complexity index is 587. The summed E-state index contributed by atoms with van der Waals surface area (Å²) in [5.41, 5.74) is 0.995. The summed E-state index contributed by atoms with van der Waals surface area (Å²) in [6.45, 7) is 1.30. The zero-order valence-electron chi connectivity index (χ0n) is 10.4. The molecule has 2 aromatic rings. The van der Waals surface area contributed by atoms with E-state index in [0.717, 1.165) is 17.8 Å². The third kappa shape index (κ3) is 2.36. The predicted molar refractivity (Wildman–Crippen MR) is 73.7 cm³/mol. The molecule has 0 aliphatic carbocycles. The maximum absolute atomic E-state index is 6.09. The number of hydrogen-bond donors (Lipinski definition) is 0. The molecule has 1 saturated heterocycles. The van der Waals surface area contributed by atoms with Crippen molar-refractivity contribution in [3.8, 4) is 0 Å². The fourth-order valence-corrected chi connectivity index (χ4v) is 2.88. The molecule has 19 heavy (non-hydrogen) atoms. The van der Waals surface area contributed by atoms with Gasteiger partial charge in [-0.25, -0.2) is 0 Å². The second-order valence-electron chi connectivity index (χ2n) is 4.97. The van der Waals surface area contributed by atoms with Gasteiger partial charge in [-0.15, -0.1) is 10.2 Å². The highest BCUT2D eigenvalue weighted by molar-refractivity contribution is 6.34. The molecule has 1 aromatic heterocycles. The molecule has 1 aromatic carbocycles. The van der Waals surface area contributed by atoms with Gasteiger partial charge in [0.25, 0.3) is 0 Å². The average molecular weight is 298 g/mol. The Morgan fingerprint density at radius 1 is 1.26 bits per heavy atom. The Labute approximate surface area is 121 Å². The quantitative estimate of drug-likeness (QED) is 0.874. The predicted octanol–water partition coefficient (Wildman–Crippen LogP) is 2.63. The van der Waals surface area contributed by atoms with Crippen LogP contribution in [0.3, 0.4) is 0 Å². The van der Waals surface area contributed by atoms with Crippen LogP contribution in [0.4, 0.5) is 0 Å². The standard InChI is InChI=1S/C13H13Cl2N3O/c1-18-8-16-17-12(18)5-13(6-19-7-13)9-2-10(14)4-11(15)3-9/h2-4,8H,5-7H2,1H3. The SMILES string of the molecule is Cn1cnnc1CC1(c2cc(Cl)cc(Cl)c2)COC1. The van der Waals surface area contributed by atoms with E-state index in [1.807, 2.05) is 23.7 Å². The van der Waals surface area contributed by atoms with Crippen molar-refractivity contribution in [3.05, 3.63) is 46.0 Å². The summed E-state index contributed by atoms with van der Waals surface area (Å²) in [6.07, 6.45) is 2.47. The minimum Gasteiger partial charge on any atom is -0.379 e. The highest BCUT2D eigenvalue weighted by Crippen LogP contribution is 2.37. The number of nitrogens with zero attached hydrogens (tertiary/aromatic N) is 3. The van der Waals surface area contributed by atoms with Crippen LogP contribution in [0.2, 0.25) is 10.0 Å². The first-order valence-electron chi connectivity index (χ1n) is 5.96. The topological polar surface area (TPSA) is 39.9 Å². The van der Waals surface area contributed by atoms with Crippen LogP contribution >= 0.6 is 23.2 Å². The Balaban J connectivity index is 1.97. The molecule has 3 rings (SSSR count). The van der Waals surface area contributed by atoms with Crippen molar-refractivity contribution >= 4 is 23.2 Å². The van der Waals surface area contributed by atoms with Crippen LogP contribution in [0.5, 0.6) is 0 Å². The van der Waals surface area contributed by atoms with E-state index in [2.05, 4.69) is 10.2 Å². The van der Waals surface area contributed by atoms with Crippen molar-refractivity contribution < 1.29 is 4.74 Å². The molecule has 1 fully saturated rings. The third-order valence-corrected chi connectivity index (χ3v) is 3.97. The van der Waals surface area contributed by atoms with E-state index >= 15 is 0 Å². The van der Waals surface area contributed by atoms with Gasteiger partial charge in [-0.1, -0.05) is 23.2 Å². The first kappa shape index (κ1) is 12.9. The first-order chi connectivity index (χ1) is 9.09. The van der Waals surface area contributed by atoms with Crippen molar-refractivity contribution in [1.29, 1.82) is 0 Å². The molecular weight excluding hydrogens is 285 g/mol. The van der Waals surface area contributed by atoms with E-state index in [1.54, 1.807) is 12.4 Å². The van der Waals surface area contributed by atoms with Gasteiger partial charge in [0, 0.05) is 28.9 Å². The van der Waals surface area contributed by atoms with Crippen molar-refractivity contribution in [1.82, 2.24) is 14.8 Å². The van der Waals surface area contributed by atoms with E-state index < -0.39 is 0 Å².